The Morgan fingerprint density at radius 2 is 1.86 bits per heavy atom. The molecule has 1 aliphatic heterocycles. The second-order valence-electron chi connectivity index (χ2n) is 5.36. The highest BCUT2D eigenvalue weighted by atomic mass is 16.5. The molecule has 0 aliphatic carbocycles. The molecule has 21 heavy (non-hydrogen) atoms. The zero-order chi connectivity index (χ0) is 15.1. The molecule has 1 saturated heterocycles. The zero-order valence-corrected chi connectivity index (χ0v) is 12.6. The molecule has 0 radical (unpaired) electrons. The molecular weight excluding hydrogens is 268 g/mol. The van der Waals surface area contributed by atoms with E-state index in [1.807, 2.05) is 0 Å². The van der Waals surface area contributed by atoms with E-state index in [0.717, 1.165) is 32.7 Å². The second kappa shape index (κ2) is 8.00. The van der Waals surface area contributed by atoms with Gasteiger partial charge in [-0.2, -0.15) is 0 Å². The van der Waals surface area contributed by atoms with Crippen LogP contribution in [0.2, 0.25) is 0 Å². The third-order valence-corrected chi connectivity index (χ3v) is 3.76. The molecule has 1 fully saturated rings. The van der Waals surface area contributed by atoms with Crippen molar-refractivity contribution in [2.75, 3.05) is 45.9 Å². The molecule has 1 aromatic carbocycles. The average Bonchev–Trinajstić information content (AvgIpc) is 2.50. The van der Waals surface area contributed by atoms with Gasteiger partial charge in [-0.15, -0.1) is 0 Å². The van der Waals surface area contributed by atoms with Crippen molar-refractivity contribution >= 4 is 5.97 Å². The normalized spacial score (nSPS) is 16.8. The summed E-state index contributed by atoms with van der Waals surface area (Å²) in [4.78, 5) is 15.8. The van der Waals surface area contributed by atoms with Gasteiger partial charge in [-0.3, -0.25) is 4.90 Å². The van der Waals surface area contributed by atoms with Crippen molar-refractivity contribution < 1.29 is 14.6 Å². The van der Waals surface area contributed by atoms with Crippen molar-refractivity contribution in [1.29, 1.82) is 0 Å². The third kappa shape index (κ3) is 5.02. The van der Waals surface area contributed by atoms with Gasteiger partial charge in [0.2, 0.25) is 0 Å². The molecule has 1 aliphatic rings. The van der Waals surface area contributed by atoms with Crippen LogP contribution in [0.5, 0.6) is 5.75 Å². The summed E-state index contributed by atoms with van der Waals surface area (Å²) in [7, 11) is 0. The van der Waals surface area contributed by atoms with Crippen molar-refractivity contribution in [1.82, 2.24) is 9.80 Å². The largest absolute Gasteiger partial charge is 0.492 e. The summed E-state index contributed by atoms with van der Waals surface area (Å²) in [6, 6.07) is 6.65. The Bertz CT molecular complexity index is 457. The van der Waals surface area contributed by atoms with E-state index in [1.54, 1.807) is 24.3 Å². The van der Waals surface area contributed by atoms with Crippen LogP contribution in [0.4, 0.5) is 0 Å². The molecule has 0 atom stereocenters. The van der Waals surface area contributed by atoms with E-state index in [4.69, 9.17) is 9.84 Å². The number of ether oxygens (including phenoxy) is 1. The van der Waals surface area contributed by atoms with E-state index in [0.29, 0.717) is 12.4 Å². The zero-order valence-electron chi connectivity index (χ0n) is 12.6. The number of nitrogens with zero attached hydrogens (tertiary/aromatic N) is 2. The lowest BCUT2D eigenvalue weighted by Crippen LogP contribution is -2.47. The summed E-state index contributed by atoms with van der Waals surface area (Å²) in [6.45, 7) is 9.30. The van der Waals surface area contributed by atoms with Crippen LogP contribution in [-0.2, 0) is 0 Å². The molecule has 1 N–H and O–H groups in total. The first-order valence-electron chi connectivity index (χ1n) is 7.60. The van der Waals surface area contributed by atoms with Crippen LogP contribution in [0.25, 0.3) is 0 Å². The summed E-state index contributed by atoms with van der Waals surface area (Å²) in [6.07, 6.45) is 1.21. The fourth-order valence-electron chi connectivity index (χ4n) is 2.56. The first-order valence-corrected chi connectivity index (χ1v) is 7.60. The Morgan fingerprint density at radius 3 is 2.48 bits per heavy atom. The number of hydrogen-bond donors (Lipinski definition) is 1. The van der Waals surface area contributed by atoms with Crippen molar-refractivity contribution in [2.24, 2.45) is 0 Å². The van der Waals surface area contributed by atoms with E-state index in [1.165, 1.54) is 13.0 Å². The number of hydrogen-bond acceptors (Lipinski definition) is 4. The van der Waals surface area contributed by atoms with Gasteiger partial charge in [-0.05, 0) is 31.2 Å². The van der Waals surface area contributed by atoms with Crippen LogP contribution in [0.3, 0.4) is 0 Å². The molecule has 1 aromatic rings. The lowest BCUT2D eigenvalue weighted by Gasteiger charge is -2.34. The molecule has 2 rings (SSSR count). The highest BCUT2D eigenvalue weighted by molar-refractivity contribution is 5.87. The van der Waals surface area contributed by atoms with Crippen LogP contribution in [0.15, 0.2) is 24.3 Å². The maximum atomic E-state index is 10.9. The highest BCUT2D eigenvalue weighted by Gasteiger charge is 2.15. The van der Waals surface area contributed by atoms with Gasteiger partial charge in [0.1, 0.15) is 12.4 Å². The molecule has 0 aromatic heterocycles. The Morgan fingerprint density at radius 1 is 1.19 bits per heavy atom. The van der Waals surface area contributed by atoms with E-state index in [2.05, 4.69) is 16.7 Å². The van der Waals surface area contributed by atoms with Crippen LogP contribution in [-0.4, -0.2) is 66.8 Å². The van der Waals surface area contributed by atoms with Gasteiger partial charge in [-0.1, -0.05) is 13.0 Å². The predicted octanol–water partition coefficient (Wildman–Crippen LogP) is 1.79. The summed E-state index contributed by atoms with van der Waals surface area (Å²) in [5.74, 6) is -0.299. The van der Waals surface area contributed by atoms with Crippen LogP contribution < -0.4 is 4.74 Å². The number of aromatic carboxylic acids is 1. The SMILES string of the molecule is CCCN1CCN(CCOc2cccc(C(=O)O)c2)CC1. The fourth-order valence-corrected chi connectivity index (χ4v) is 2.56. The minimum Gasteiger partial charge on any atom is -0.492 e. The van der Waals surface area contributed by atoms with E-state index < -0.39 is 5.97 Å². The number of carbonyl (C=O) groups is 1. The molecular formula is C16H24N2O3. The minimum absolute atomic E-state index is 0.265. The highest BCUT2D eigenvalue weighted by Crippen LogP contribution is 2.13. The monoisotopic (exact) mass is 292 g/mol. The molecule has 0 unspecified atom stereocenters. The van der Waals surface area contributed by atoms with Gasteiger partial charge in [0.05, 0.1) is 5.56 Å². The molecule has 1 heterocycles. The first-order chi connectivity index (χ1) is 10.2. The van der Waals surface area contributed by atoms with Crippen LogP contribution >= 0.6 is 0 Å². The van der Waals surface area contributed by atoms with Gasteiger partial charge < -0.3 is 14.7 Å². The first kappa shape index (κ1) is 15.8. The van der Waals surface area contributed by atoms with Gasteiger partial charge in [0, 0.05) is 32.7 Å². The second-order valence-corrected chi connectivity index (χ2v) is 5.36. The van der Waals surface area contributed by atoms with Crippen molar-refractivity contribution in [3.63, 3.8) is 0 Å². The van der Waals surface area contributed by atoms with E-state index >= 15 is 0 Å². The van der Waals surface area contributed by atoms with Gasteiger partial charge in [0.25, 0.3) is 0 Å². The fraction of sp³-hybridized carbons (Fsp3) is 0.562. The van der Waals surface area contributed by atoms with Crippen molar-refractivity contribution in [2.45, 2.75) is 13.3 Å². The molecule has 5 heteroatoms. The summed E-state index contributed by atoms with van der Waals surface area (Å²) in [5.41, 5.74) is 0.265. The third-order valence-electron chi connectivity index (χ3n) is 3.76. The van der Waals surface area contributed by atoms with Gasteiger partial charge >= 0.3 is 5.97 Å². The standard InChI is InChI=1S/C16H24N2O3/c1-2-6-17-7-9-18(10-8-17)11-12-21-15-5-3-4-14(13-15)16(19)20/h3-5,13H,2,6-12H2,1H3,(H,19,20). The summed E-state index contributed by atoms with van der Waals surface area (Å²) < 4.78 is 5.66. The maximum absolute atomic E-state index is 10.9. The lowest BCUT2D eigenvalue weighted by molar-refractivity contribution is 0.0696. The quantitative estimate of drug-likeness (QED) is 0.830. The van der Waals surface area contributed by atoms with Gasteiger partial charge in [-0.25, -0.2) is 4.79 Å². The minimum atomic E-state index is -0.924. The number of piperazine rings is 1. The Labute approximate surface area is 126 Å². The Balaban J connectivity index is 1.70. The number of carboxylic acid groups (broad SMARTS) is 1. The molecule has 0 saturated carbocycles. The lowest BCUT2D eigenvalue weighted by atomic mass is 10.2. The molecule has 0 spiro atoms. The molecule has 5 nitrogen and oxygen atoms in total. The van der Waals surface area contributed by atoms with Crippen LogP contribution in [0.1, 0.15) is 23.7 Å². The average molecular weight is 292 g/mol. The number of benzene rings is 1. The van der Waals surface area contributed by atoms with E-state index in [-0.39, 0.29) is 5.56 Å². The molecule has 0 amide bonds. The molecule has 116 valence electrons. The maximum Gasteiger partial charge on any atom is 0.335 e. The summed E-state index contributed by atoms with van der Waals surface area (Å²) >= 11 is 0. The van der Waals surface area contributed by atoms with Crippen molar-refractivity contribution in [3.05, 3.63) is 29.8 Å². The topological polar surface area (TPSA) is 53.0 Å². The predicted molar refractivity (Wildman–Crippen MR) is 82.1 cm³/mol. The summed E-state index contributed by atoms with van der Waals surface area (Å²) in [5, 5.41) is 8.94. The van der Waals surface area contributed by atoms with Gasteiger partial charge in [0.15, 0.2) is 0 Å². The Kier molecular flexibility index (Phi) is 6.02. The number of rotatable bonds is 7. The van der Waals surface area contributed by atoms with Crippen LogP contribution in [0, 0.1) is 0 Å². The number of carboxylic acids is 1. The van der Waals surface area contributed by atoms with Crippen molar-refractivity contribution in [3.8, 4) is 5.75 Å². The molecule has 0 bridgehead atoms. The van der Waals surface area contributed by atoms with E-state index in [9.17, 15) is 4.79 Å². The Hall–Kier alpha value is -1.59. The smallest absolute Gasteiger partial charge is 0.335 e.